The Hall–Kier alpha value is -2.96. The molecule has 0 bridgehead atoms. The number of fused-ring (bicyclic) bond motifs is 1. The highest BCUT2D eigenvalue weighted by Crippen LogP contribution is 2.32. The first-order valence-electron chi connectivity index (χ1n) is 11.3. The van der Waals surface area contributed by atoms with Crippen molar-refractivity contribution in [2.45, 2.75) is 44.6 Å². The van der Waals surface area contributed by atoms with Gasteiger partial charge in [0.2, 0.25) is 15.9 Å². The predicted octanol–water partition coefficient (Wildman–Crippen LogP) is 4.51. The van der Waals surface area contributed by atoms with Crippen molar-refractivity contribution in [2.75, 3.05) is 18.0 Å². The van der Waals surface area contributed by atoms with Crippen LogP contribution in [0, 0.1) is 13.8 Å². The zero-order valence-electron chi connectivity index (χ0n) is 19.4. The number of hydrogen-bond donors (Lipinski definition) is 0. The van der Waals surface area contributed by atoms with Crippen molar-refractivity contribution in [1.82, 2.24) is 4.31 Å². The van der Waals surface area contributed by atoms with Crippen LogP contribution in [0.4, 0.5) is 5.69 Å². The fourth-order valence-corrected chi connectivity index (χ4v) is 6.18. The predicted molar refractivity (Wildman–Crippen MR) is 132 cm³/mol. The van der Waals surface area contributed by atoms with E-state index in [-0.39, 0.29) is 29.9 Å². The Bertz CT molecular complexity index is 1260. The Labute approximate surface area is 196 Å². The van der Waals surface area contributed by atoms with Gasteiger partial charge in [-0.25, -0.2) is 8.42 Å². The third kappa shape index (κ3) is 4.87. The molecule has 0 unspecified atom stereocenters. The van der Waals surface area contributed by atoms with Crippen LogP contribution in [-0.4, -0.2) is 37.8 Å². The van der Waals surface area contributed by atoms with E-state index in [1.807, 2.05) is 80.6 Å². The summed E-state index contributed by atoms with van der Waals surface area (Å²) in [6, 6.07) is 23.0. The van der Waals surface area contributed by atoms with Gasteiger partial charge in [-0.1, -0.05) is 60.7 Å². The van der Waals surface area contributed by atoms with Gasteiger partial charge in [0.05, 0.1) is 11.4 Å². The highest BCUT2D eigenvalue weighted by Gasteiger charge is 2.34. The van der Waals surface area contributed by atoms with Crippen LogP contribution in [0.1, 0.15) is 29.2 Å². The van der Waals surface area contributed by atoms with Crippen molar-refractivity contribution >= 4 is 21.6 Å². The summed E-state index contributed by atoms with van der Waals surface area (Å²) in [7, 11) is -3.86. The van der Waals surface area contributed by atoms with Gasteiger partial charge in [-0.05, 0) is 68.0 Å². The summed E-state index contributed by atoms with van der Waals surface area (Å²) in [5.41, 5.74) is 4.58. The Kier molecular flexibility index (Phi) is 6.68. The van der Waals surface area contributed by atoms with E-state index in [9.17, 15) is 13.2 Å². The summed E-state index contributed by atoms with van der Waals surface area (Å²) < 4.78 is 28.9. The third-order valence-electron chi connectivity index (χ3n) is 6.24. The molecule has 0 aromatic heterocycles. The molecule has 0 fully saturated rings. The highest BCUT2D eigenvalue weighted by atomic mass is 32.2. The summed E-state index contributed by atoms with van der Waals surface area (Å²) in [6.45, 7) is 5.71. The topological polar surface area (TPSA) is 57.7 Å². The third-order valence-corrected chi connectivity index (χ3v) is 8.23. The molecule has 1 aliphatic rings. The minimum atomic E-state index is -3.86. The van der Waals surface area contributed by atoms with Crippen LogP contribution in [0.2, 0.25) is 0 Å². The van der Waals surface area contributed by atoms with Crippen LogP contribution >= 0.6 is 0 Å². The lowest BCUT2D eigenvalue weighted by atomic mass is 10.1. The number of carbonyl (C=O) groups is 1. The SMILES string of the molecule is Cc1ccc(C)c(S(=O)(=O)N(CCc2ccccc2)CC(=O)N2c3ccccc3C[C@@H]2C)c1. The molecule has 3 aromatic rings. The summed E-state index contributed by atoms with van der Waals surface area (Å²) >= 11 is 0. The first-order valence-corrected chi connectivity index (χ1v) is 12.7. The van der Waals surface area contributed by atoms with Crippen LogP contribution < -0.4 is 4.90 Å². The second kappa shape index (κ2) is 9.49. The molecule has 0 aliphatic carbocycles. The van der Waals surface area contributed by atoms with Crippen LogP contribution in [-0.2, 0) is 27.7 Å². The van der Waals surface area contributed by atoms with Gasteiger partial charge in [0.15, 0.2) is 0 Å². The number of amides is 1. The maximum absolute atomic E-state index is 13.8. The van der Waals surface area contributed by atoms with Crippen LogP contribution in [0.5, 0.6) is 0 Å². The first kappa shape index (κ1) is 23.2. The number of benzene rings is 3. The second-order valence-electron chi connectivity index (χ2n) is 8.79. The number of carbonyl (C=O) groups excluding carboxylic acids is 1. The smallest absolute Gasteiger partial charge is 0.243 e. The van der Waals surface area contributed by atoms with Crippen molar-refractivity contribution in [3.8, 4) is 0 Å². The lowest BCUT2D eigenvalue weighted by Crippen LogP contribution is -2.45. The minimum absolute atomic E-state index is 0.00529. The van der Waals surface area contributed by atoms with E-state index < -0.39 is 10.0 Å². The molecule has 1 atom stereocenters. The molecule has 5 nitrogen and oxygen atoms in total. The fourth-order valence-electron chi connectivity index (χ4n) is 4.48. The van der Waals surface area contributed by atoms with Crippen molar-refractivity contribution in [3.05, 3.63) is 95.1 Å². The maximum atomic E-state index is 13.8. The summed E-state index contributed by atoms with van der Waals surface area (Å²) in [4.78, 5) is 15.5. The fraction of sp³-hybridized carbons (Fsp3) is 0.296. The Morgan fingerprint density at radius 2 is 1.70 bits per heavy atom. The average Bonchev–Trinajstić information content (AvgIpc) is 3.14. The van der Waals surface area contributed by atoms with Crippen LogP contribution in [0.15, 0.2) is 77.7 Å². The molecule has 172 valence electrons. The largest absolute Gasteiger partial charge is 0.308 e. The Balaban J connectivity index is 1.65. The molecule has 0 N–H and O–H groups in total. The summed E-state index contributed by atoms with van der Waals surface area (Å²) in [5.74, 6) is -0.200. The van der Waals surface area contributed by atoms with Crippen LogP contribution in [0.3, 0.4) is 0 Å². The van der Waals surface area contributed by atoms with Gasteiger partial charge < -0.3 is 4.90 Å². The number of nitrogens with zero attached hydrogens (tertiary/aromatic N) is 2. The molecule has 33 heavy (non-hydrogen) atoms. The van der Waals surface area contributed by atoms with E-state index in [1.165, 1.54) is 4.31 Å². The zero-order chi connectivity index (χ0) is 23.6. The molecule has 3 aromatic carbocycles. The maximum Gasteiger partial charge on any atom is 0.243 e. The van der Waals surface area contributed by atoms with E-state index in [0.717, 1.165) is 28.8 Å². The average molecular weight is 463 g/mol. The molecule has 4 rings (SSSR count). The second-order valence-corrected chi connectivity index (χ2v) is 10.7. The van der Waals surface area contributed by atoms with Crippen molar-refractivity contribution in [2.24, 2.45) is 0 Å². The molecule has 1 amide bonds. The van der Waals surface area contributed by atoms with E-state index >= 15 is 0 Å². The molecule has 1 aliphatic heterocycles. The summed E-state index contributed by atoms with van der Waals surface area (Å²) in [5, 5.41) is 0. The van der Waals surface area contributed by atoms with Gasteiger partial charge in [0.25, 0.3) is 0 Å². The van der Waals surface area contributed by atoms with Gasteiger partial charge in [-0.2, -0.15) is 4.31 Å². The summed E-state index contributed by atoms with van der Waals surface area (Å²) in [6.07, 6.45) is 1.31. The lowest BCUT2D eigenvalue weighted by Gasteiger charge is -2.28. The van der Waals surface area contributed by atoms with Gasteiger partial charge in [0.1, 0.15) is 0 Å². The van der Waals surface area contributed by atoms with E-state index in [1.54, 1.807) is 17.9 Å². The number of anilines is 1. The van der Waals surface area contributed by atoms with Gasteiger partial charge in [-0.15, -0.1) is 0 Å². The Morgan fingerprint density at radius 3 is 2.45 bits per heavy atom. The molecule has 0 saturated carbocycles. The highest BCUT2D eigenvalue weighted by molar-refractivity contribution is 7.89. The van der Waals surface area contributed by atoms with Gasteiger partial charge >= 0.3 is 0 Å². The molecule has 0 saturated heterocycles. The number of para-hydroxylation sites is 1. The van der Waals surface area contributed by atoms with E-state index in [4.69, 9.17) is 0 Å². The number of rotatable bonds is 7. The van der Waals surface area contributed by atoms with Gasteiger partial charge in [0, 0.05) is 18.3 Å². The van der Waals surface area contributed by atoms with E-state index in [0.29, 0.717) is 12.0 Å². The van der Waals surface area contributed by atoms with Gasteiger partial charge in [-0.3, -0.25) is 4.79 Å². The minimum Gasteiger partial charge on any atom is -0.308 e. The number of sulfonamides is 1. The number of hydrogen-bond acceptors (Lipinski definition) is 3. The zero-order valence-corrected chi connectivity index (χ0v) is 20.2. The molecule has 0 spiro atoms. The number of aryl methyl sites for hydroxylation is 2. The molecular formula is C27H30N2O3S. The monoisotopic (exact) mass is 462 g/mol. The van der Waals surface area contributed by atoms with Crippen molar-refractivity contribution in [3.63, 3.8) is 0 Å². The van der Waals surface area contributed by atoms with Crippen LogP contribution in [0.25, 0.3) is 0 Å². The lowest BCUT2D eigenvalue weighted by molar-refractivity contribution is -0.119. The van der Waals surface area contributed by atoms with Crippen molar-refractivity contribution in [1.29, 1.82) is 0 Å². The molecular weight excluding hydrogens is 432 g/mol. The molecule has 0 radical (unpaired) electrons. The standard InChI is InChI=1S/C27H30N2O3S/c1-20-13-14-21(2)26(17-20)33(31,32)28(16-15-23-9-5-4-6-10-23)19-27(30)29-22(3)18-24-11-7-8-12-25(24)29/h4-14,17,22H,15-16,18-19H2,1-3H3/t22-/m0/s1. The molecule has 6 heteroatoms. The normalized spacial score (nSPS) is 15.6. The quantitative estimate of drug-likeness (QED) is 0.519. The van der Waals surface area contributed by atoms with Crippen molar-refractivity contribution < 1.29 is 13.2 Å². The van der Waals surface area contributed by atoms with E-state index in [2.05, 4.69) is 0 Å². The Morgan fingerprint density at radius 1 is 1.00 bits per heavy atom. The molecule has 1 heterocycles. The first-order chi connectivity index (χ1) is 15.8.